The zero-order chi connectivity index (χ0) is 16.4. The lowest BCUT2D eigenvalue weighted by molar-refractivity contribution is -0.151. The van der Waals surface area contributed by atoms with Gasteiger partial charge in [-0.1, -0.05) is 26.3 Å². The highest BCUT2D eigenvalue weighted by molar-refractivity contribution is 5.84. The molecule has 0 aromatic carbocycles. The molecule has 0 spiro atoms. The Morgan fingerprint density at radius 1 is 1.23 bits per heavy atom. The Kier molecular flexibility index (Phi) is 9.31. The summed E-state index contributed by atoms with van der Waals surface area (Å²) in [6, 6.07) is 0. The summed E-state index contributed by atoms with van der Waals surface area (Å²) in [5, 5.41) is 7.89. The Labute approximate surface area is 132 Å². The van der Waals surface area contributed by atoms with Crippen molar-refractivity contribution in [1.29, 1.82) is 0 Å². The molecule has 2 aliphatic rings. The molecule has 2 heterocycles. The van der Waals surface area contributed by atoms with Gasteiger partial charge in [0.05, 0.1) is 26.4 Å². The Hall–Kier alpha value is -0.950. The van der Waals surface area contributed by atoms with E-state index in [9.17, 15) is 4.79 Å². The van der Waals surface area contributed by atoms with Crippen LogP contribution in [0, 0.1) is 0 Å². The molecule has 128 valence electrons. The van der Waals surface area contributed by atoms with Crippen LogP contribution in [0.3, 0.4) is 0 Å². The van der Waals surface area contributed by atoms with E-state index < -0.39 is 5.97 Å². The first-order valence-corrected chi connectivity index (χ1v) is 7.88. The first kappa shape index (κ1) is 19.1. The highest BCUT2D eigenvalue weighted by Crippen LogP contribution is 2.16. The predicted octanol–water partition coefficient (Wildman–Crippen LogP) is 2.37. The molecule has 2 rings (SSSR count). The first-order chi connectivity index (χ1) is 10.5. The van der Waals surface area contributed by atoms with Crippen molar-refractivity contribution in [2.75, 3.05) is 26.4 Å². The van der Waals surface area contributed by atoms with Gasteiger partial charge in [0.2, 0.25) is 0 Å². The standard InChI is InChI=1S/C12H22O4.C4H6O2/c1-2-3-4-5-12(15-8-10-6-13-10)16-9-11-7-14-11;1-3(2)4(5)6/h10-12H,2-9H2,1H3;1H2,2H3,(H,5,6). The number of ether oxygens (including phenoxy) is 4. The molecule has 2 unspecified atom stereocenters. The normalized spacial score (nSPS) is 23.2. The fourth-order valence-corrected chi connectivity index (χ4v) is 1.53. The summed E-state index contributed by atoms with van der Waals surface area (Å²) in [5.41, 5.74) is 0.176. The maximum atomic E-state index is 9.60. The molecule has 6 nitrogen and oxygen atoms in total. The molecule has 0 bridgehead atoms. The number of epoxide rings is 2. The van der Waals surface area contributed by atoms with E-state index in [0.29, 0.717) is 25.4 Å². The molecular formula is C16H28O6. The molecule has 0 amide bonds. The molecule has 2 atom stereocenters. The topological polar surface area (TPSA) is 80.8 Å². The van der Waals surface area contributed by atoms with E-state index in [2.05, 4.69) is 13.5 Å². The number of rotatable bonds is 11. The van der Waals surface area contributed by atoms with Crippen LogP contribution in [0.25, 0.3) is 0 Å². The van der Waals surface area contributed by atoms with Crippen molar-refractivity contribution in [2.45, 2.75) is 58.0 Å². The van der Waals surface area contributed by atoms with Crippen molar-refractivity contribution >= 4 is 5.97 Å². The largest absolute Gasteiger partial charge is 0.478 e. The van der Waals surface area contributed by atoms with Gasteiger partial charge in [0.1, 0.15) is 12.2 Å². The lowest BCUT2D eigenvalue weighted by Crippen LogP contribution is -2.22. The lowest BCUT2D eigenvalue weighted by atomic mass is 10.2. The van der Waals surface area contributed by atoms with E-state index in [0.717, 1.165) is 26.1 Å². The van der Waals surface area contributed by atoms with Crippen molar-refractivity contribution < 1.29 is 28.8 Å². The highest BCUT2D eigenvalue weighted by Gasteiger charge is 2.27. The van der Waals surface area contributed by atoms with E-state index in [1.165, 1.54) is 19.8 Å². The van der Waals surface area contributed by atoms with Gasteiger partial charge in [0.25, 0.3) is 0 Å². The Bertz CT molecular complexity index is 308. The molecule has 0 aromatic heterocycles. The van der Waals surface area contributed by atoms with Gasteiger partial charge < -0.3 is 24.1 Å². The number of carboxylic acids is 1. The zero-order valence-corrected chi connectivity index (χ0v) is 13.6. The lowest BCUT2D eigenvalue weighted by Gasteiger charge is -2.17. The third-order valence-corrected chi connectivity index (χ3v) is 3.15. The maximum Gasteiger partial charge on any atom is 0.330 e. The Morgan fingerprint density at radius 2 is 1.68 bits per heavy atom. The van der Waals surface area contributed by atoms with Crippen LogP contribution in [0.5, 0.6) is 0 Å². The van der Waals surface area contributed by atoms with Gasteiger partial charge in [-0.15, -0.1) is 0 Å². The molecule has 6 heteroatoms. The Balaban J connectivity index is 0.000000346. The number of unbranched alkanes of at least 4 members (excludes halogenated alkanes) is 2. The van der Waals surface area contributed by atoms with Crippen LogP contribution >= 0.6 is 0 Å². The van der Waals surface area contributed by atoms with Gasteiger partial charge in [-0.05, 0) is 19.8 Å². The summed E-state index contributed by atoms with van der Waals surface area (Å²) < 4.78 is 21.6. The molecule has 0 radical (unpaired) electrons. The minimum absolute atomic E-state index is 0.0695. The van der Waals surface area contributed by atoms with Gasteiger partial charge in [0.15, 0.2) is 6.29 Å². The molecule has 2 saturated heterocycles. The number of carboxylic acid groups (broad SMARTS) is 1. The fourth-order valence-electron chi connectivity index (χ4n) is 1.53. The zero-order valence-electron chi connectivity index (χ0n) is 13.6. The van der Waals surface area contributed by atoms with Gasteiger partial charge in [-0.3, -0.25) is 0 Å². The average molecular weight is 316 g/mol. The van der Waals surface area contributed by atoms with Crippen LogP contribution in [-0.4, -0.2) is 56.0 Å². The summed E-state index contributed by atoms with van der Waals surface area (Å²) >= 11 is 0. The van der Waals surface area contributed by atoms with Gasteiger partial charge in [0, 0.05) is 5.57 Å². The van der Waals surface area contributed by atoms with Crippen molar-refractivity contribution in [3.8, 4) is 0 Å². The van der Waals surface area contributed by atoms with Gasteiger partial charge in [-0.25, -0.2) is 4.79 Å². The minimum atomic E-state index is -0.935. The number of carbonyl (C=O) groups is 1. The van der Waals surface area contributed by atoms with Crippen LogP contribution < -0.4 is 0 Å². The summed E-state index contributed by atoms with van der Waals surface area (Å²) in [4.78, 5) is 9.60. The molecule has 0 saturated carbocycles. The van der Waals surface area contributed by atoms with E-state index in [1.54, 1.807) is 0 Å². The van der Waals surface area contributed by atoms with E-state index in [4.69, 9.17) is 24.1 Å². The second-order valence-corrected chi connectivity index (χ2v) is 5.59. The average Bonchev–Trinajstić information content (AvgIpc) is 3.37. The summed E-state index contributed by atoms with van der Waals surface area (Å²) in [6.45, 7) is 9.82. The fraction of sp³-hybridized carbons (Fsp3) is 0.812. The van der Waals surface area contributed by atoms with Crippen molar-refractivity contribution in [2.24, 2.45) is 0 Å². The number of hydrogen-bond acceptors (Lipinski definition) is 5. The van der Waals surface area contributed by atoms with Crippen molar-refractivity contribution in [3.05, 3.63) is 12.2 Å². The molecule has 22 heavy (non-hydrogen) atoms. The molecule has 2 aliphatic heterocycles. The van der Waals surface area contributed by atoms with Crippen LogP contribution in [0.4, 0.5) is 0 Å². The smallest absolute Gasteiger partial charge is 0.330 e. The monoisotopic (exact) mass is 316 g/mol. The predicted molar refractivity (Wildman–Crippen MR) is 81.8 cm³/mol. The van der Waals surface area contributed by atoms with E-state index in [1.807, 2.05) is 0 Å². The summed E-state index contributed by atoms with van der Waals surface area (Å²) in [7, 11) is 0. The van der Waals surface area contributed by atoms with Crippen LogP contribution in [0.2, 0.25) is 0 Å². The van der Waals surface area contributed by atoms with Crippen LogP contribution in [-0.2, 0) is 23.7 Å². The molecule has 0 aromatic rings. The number of aliphatic carboxylic acids is 1. The van der Waals surface area contributed by atoms with E-state index in [-0.39, 0.29) is 11.9 Å². The SMILES string of the molecule is C=C(C)C(=O)O.CCCCCC(OCC1CO1)OCC1CO1. The van der Waals surface area contributed by atoms with Crippen molar-refractivity contribution in [3.63, 3.8) is 0 Å². The van der Waals surface area contributed by atoms with Crippen LogP contribution in [0.1, 0.15) is 39.5 Å². The third kappa shape index (κ3) is 10.7. The van der Waals surface area contributed by atoms with Gasteiger partial charge in [-0.2, -0.15) is 0 Å². The summed E-state index contributed by atoms with van der Waals surface area (Å²) in [6.07, 6.45) is 5.17. The molecule has 2 fully saturated rings. The van der Waals surface area contributed by atoms with Crippen molar-refractivity contribution in [1.82, 2.24) is 0 Å². The van der Waals surface area contributed by atoms with Crippen LogP contribution in [0.15, 0.2) is 12.2 Å². The molecule has 1 N–H and O–H groups in total. The van der Waals surface area contributed by atoms with E-state index >= 15 is 0 Å². The first-order valence-electron chi connectivity index (χ1n) is 7.88. The second kappa shape index (κ2) is 10.7. The number of hydrogen-bond donors (Lipinski definition) is 1. The minimum Gasteiger partial charge on any atom is -0.478 e. The highest BCUT2D eigenvalue weighted by atomic mass is 16.7. The maximum absolute atomic E-state index is 9.60. The summed E-state index contributed by atoms with van der Waals surface area (Å²) in [5.74, 6) is -0.935. The van der Waals surface area contributed by atoms with Gasteiger partial charge >= 0.3 is 5.97 Å². The molecule has 0 aliphatic carbocycles. The molecular weight excluding hydrogens is 288 g/mol. The Morgan fingerprint density at radius 3 is 2.00 bits per heavy atom. The third-order valence-electron chi connectivity index (χ3n) is 3.15. The quantitative estimate of drug-likeness (QED) is 0.273. The second-order valence-electron chi connectivity index (χ2n) is 5.59.